The lowest BCUT2D eigenvalue weighted by atomic mass is 9.99. The smallest absolute Gasteiger partial charge is 0.305 e. The van der Waals surface area contributed by atoms with Crippen molar-refractivity contribution >= 4 is 29.4 Å². The minimum atomic E-state index is -1.02. The van der Waals surface area contributed by atoms with Crippen molar-refractivity contribution in [1.82, 2.24) is 10.6 Å². The van der Waals surface area contributed by atoms with E-state index in [1.165, 1.54) is 0 Å². The molecule has 0 aromatic heterocycles. The molecule has 1 aliphatic heterocycles. The van der Waals surface area contributed by atoms with Gasteiger partial charge in [-0.3, -0.25) is 19.2 Å². The van der Waals surface area contributed by atoms with Crippen LogP contribution in [-0.2, 0) is 16.1 Å². The number of anilines is 1. The van der Waals surface area contributed by atoms with Crippen molar-refractivity contribution in [2.24, 2.45) is 5.92 Å². The number of rotatable bonds is 8. The van der Waals surface area contributed by atoms with E-state index < -0.39 is 23.8 Å². The van der Waals surface area contributed by atoms with Crippen molar-refractivity contribution in [2.75, 3.05) is 11.4 Å². The van der Waals surface area contributed by atoms with Crippen molar-refractivity contribution in [3.05, 3.63) is 65.2 Å². The normalized spacial score (nSPS) is 13.6. The molecule has 3 rings (SSSR count). The van der Waals surface area contributed by atoms with E-state index >= 15 is 0 Å². The summed E-state index contributed by atoms with van der Waals surface area (Å²) >= 11 is 0. The minimum Gasteiger partial charge on any atom is -0.481 e. The fourth-order valence-electron chi connectivity index (χ4n) is 3.52. The van der Waals surface area contributed by atoms with Gasteiger partial charge in [0.2, 0.25) is 5.91 Å². The van der Waals surface area contributed by atoms with Gasteiger partial charge in [0.1, 0.15) is 6.04 Å². The first kappa shape index (κ1) is 22.0. The average Bonchev–Trinajstić information content (AvgIpc) is 3.08. The molecule has 162 valence electrons. The average molecular weight is 423 g/mol. The summed E-state index contributed by atoms with van der Waals surface area (Å²) in [5.41, 5.74) is 2.03. The van der Waals surface area contributed by atoms with Crippen LogP contribution in [0.5, 0.6) is 0 Å². The number of aliphatic carboxylic acids is 1. The van der Waals surface area contributed by atoms with E-state index in [1.807, 2.05) is 36.4 Å². The van der Waals surface area contributed by atoms with E-state index in [9.17, 15) is 19.2 Å². The van der Waals surface area contributed by atoms with E-state index in [2.05, 4.69) is 10.6 Å². The second-order valence-electron chi connectivity index (χ2n) is 7.70. The van der Waals surface area contributed by atoms with Crippen molar-refractivity contribution in [3.8, 4) is 0 Å². The summed E-state index contributed by atoms with van der Waals surface area (Å²) in [5, 5.41) is 14.0. The van der Waals surface area contributed by atoms with Crippen molar-refractivity contribution in [3.63, 3.8) is 0 Å². The first-order valence-corrected chi connectivity index (χ1v) is 10.1. The molecule has 0 radical (unpaired) electrons. The Balaban J connectivity index is 1.79. The van der Waals surface area contributed by atoms with Crippen LogP contribution in [0.15, 0.2) is 48.5 Å². The van der Waals surface area contributed by atoms with Crippen LogP contribution in [0.3, 0.4) is 0 Å². The number of benzene rings is 2. The lowest BCUT2D eigenvalue weighted by Gasteiger charge is -2.22. The number of carboxylic acids is 1. The second kappa shape index (κ2) is 9.42. The van der Waals surface area contributed by atoms with Gasteiger partial charge in [0, 0.05) is 12.2 Å². The van der Waals surface area contributed by atoms with Gasteiger partial charge >= 0.3 is 5.97 Å². The third-order valence-electron chi connectivity index (χ3n) is 5.12. The monoisotopic (exact) mass is 423 g/mol. The predicted octanol–water partition coefficient (Wildman–Crippen LogP) is 2.19. The van der Waals surface area contributed by atoms with Gasteiger partial charge in [0.05, 0.1) is 24.1 Å². The molecule has 0 bridgehead atoms. The Morgan fingerprint density at radius 3 is 2.42 bits per heavy atom. The molecule has 1 atom stereocenters. The van der Waals surface area contributed by atoms with Crippen LogP contribution in [0.1, 0.15) is 46.5 Å². The summed E-state index contributed by atoms with van der Waals surface area (Å²) in [6.45, 7) is 3.89. The van der Waals surface area contributed by atoms with E-state index in [1.54, 1.807) is 30.9 Å². The predicted molar refractivity (Wildman–Crippen MR) is 115 cm³/mol. The van der Waals surface area contributed by atoms with Crippen molar-refractivity contribution in [2.45, 2.75) is 32.9 Å². The van der Waals surface area contributed by atoms with Crippen LogP contribution in [-0.4, -0.2) is 41.4 Å². The van der Waals surface area contributed by atoms with E-state index in [4.69, 9.17) is 5.11 Å². The third-order valence-corrected chi connectivity index (χ3v) is 5.12. The Morgan fingerprint density at radius 2 is 1.77 bits per heavy atom. The zero-order valence-corrected chi connectivity index (χ0v) is 17.4. The van der Waals surface area contributed by atoms with E-state index in [0.29, 0.717) is 12.1 Å². The lowest BCUT2D eigenvalue weighted by molar-refractivity contribution is -0.137. The maximum absolute atomic E-state index is 13.1. The van der Waals surface area contributed by atoms with Gasteiger partial charge in [-0.25, -0.2) is 0 Å². The Bertz CT molecular complexity index is 1000. The fraction of sp³-hybridized carbons (Fsp3) is 0.304. The fourth-order valence-corrected chi connectivity index (χ4v) is 3.52. The van der Waals surface area contributed by atoms with Crippen LogP contribution in [0.2, 0.25) is 0 Å². The highest BCUT2D eigenvalue weighted by atomic mass is 16.4. The summed E-state index contributed by atoms with van der Waals surface area (Å²) in [5.74, 6) is -2.51. The Kier molecular flexibility index (Phi) is 6.69. The van der Waals surface area contributed by atoms with E-state index in [-0.39, 0.29) is 30.4 Å². The van der Waals surface area contributed by atoms with Crippen LogP contribution in [0.25, 0.3) is 0 Å². The number of carbonyl (C=O) groups is 4. The minimum absolute atomic E-state index is 0.0293. The van der Waals surface area contributed by atoms with Crippen molar-refractivity contribution in [1.29, 1.82) is 0 Å². The number of carbonyl (C=O) groups excluding carboxylic acids is 3. The van der Waals surface area contributed by atoms with E-state index in [0.717, 1.165) is 11.3 Å². The summed E-state index contributed by atoms with van der Waals surface area (Å²) in [4.78, 5) is 50.9. The molecule has 0 saturated carbocycles. The second-order valence-corrected chi connectivity index (χ2v) is 7.70. The number of nitrogens with one attached hydrogen (secondary N) is 2. The molecule has 3 N–H and O–H groups in total. The number of carboxylic acid groups (broad SMARTS) is 1. The lowest BCUT2D eigenvalue weighted by Crippen LogP contribution is -2.50. The highest BCUT2D eigenvalue weighted by Gasteiger charge is 2.34. The van der Waals surface area contributed by atoms with Gasteiger partial charge in [-0.15, -0.1) is 0 Å². The molecule has 1 aliphatic rings. The maximum Gasteiger partial charge on any atom is 0.305 e. The van der Waals surface area contributed by atoms with Gasteiger partial charge in [-0.1, -0.05) is 44.2 Å². The van der Waals surface area contributed by atoms with Crippen LogP contribution in [0.4, 0.5) is 5.69 Å². The summed E-state index contributed by atoms with van der Waals surface area (Å²) < 4.78 is 0. The quantitative estimate of drug-likeness (QED) is 0.602. The van der Waals surface area contributed by atoms with Gasteiger partial charge < -0.3 is 20.6 Å². The topological polar surface area (TPSA) is 116 Å². The zero-order valence-electron chi connectivity index (χ0n) is 17.4. The number of hydrogen-bond donors (Lipinski definition) is 3. The molecular weight excluding hydrogens is 398 g/mol. The molecule has 2 aromatic carbocycles. The van der Waals surface area contributed by atoms with Gasteiger partial charge in [0.25, 0.3) is 11.8 Å². The molecule has 0 aliphatic carbocycles. The van der Waals surface area contributed by atoms with Gasteiger partial charge in [0.15, 0.2) is 0 Å². The molecule has 31 heavy (non-hydrogen) atoms. The van der Waals surface area contributed by atoms with Crippen LogP contribution >= 0.6 is 0 Å². The number of para-hydroxylation sites is 1. The molecule has 0 spiro atoms. The standard InChI is InChI=1S/C23H25N3O5/c1-14(2)20(22(30)24-12-11-18(27)28)25-21(29)17-10-6-7-15-13-26(23(31)19(15)17)16-8-4-3-5-9-16/h3-10,14,20H,11-13H2,1-2H3,(H,24,30)(H,25,29)(H,27,28). The number of fused-ring (bicyclic) bond motifs is 1. The first-order chi connectivity index (χ1) is 14.8. The number of nitrogens with zero attached hydrogens (tertiary/aromatic N) is 1. The largest absolute Gasteiger partial charge is 0.481 e. The number of hydrogen-bond acceptors (Lipinski definition) is 4. The third kappa shape index (κ3) is 4.91. The Labute approximate surface area is 180 Å². The molecule has 2 aromatic rings. The molecule has 0 saturated heterocycles. The molecule has 1 heterocycles. The zero-order chi connectivity index (χ0) is 22.5. The Hall–Kier alpha value is -3.68. The van der Waals surface area contributed by atoms with Crippen LogP contribution < -0.4 is 15.5 Å². The summed E-state index contributed by atoms with van der Waals surface area (Å²) in [6.07, 6.45) is -0.208. The molecule has 8 nitrogen and oxygen atoms in total. The highest BCUT2D eigenvalue weighted by Crippen LogP contribution is 2.30. The molecule has 3 amide bonds. The van der Waals surface area contributed by atoms with Crippen molar-refractivity contribution < 1.29 is 24.3 Å². The summed E-state index contributed by atoms with van der Waals surface area (Å²) in [6, 6.07) is 13.4. The number of amides is 3. The first-order valence-electron chi connectivity index (χ1n) is 10.1. The molecule has 8 heteroatoms. The Morgan fingerprint density at radius 1 is 1.06 bits per heavy atom. The molecule has 0 fully saturated rings. The van der Waals surface area contributed by atoms with Gasteiger partial charge in [-0.05, 0) is 29.7 Å². The maximum atomic E-state index is 13.1. The SMILES string of the molecule is CC(C)C(NC(=O)c1cccc2c1C(=O)N(c1ccccc1)C2)C(=O)NCCC(=O)O. The molecule has 1 unspecified atom stereocenters. The summed E-state index contributed by atoms with van der Waals surface area (Å²) in [7, 11) is 0. The molecular formula is C23H25N3O5. The van der Waals surface area contributed by atoms with Crippen LogP contribution in [0, 0.1) is 5.92 Å². The highest BCUT2D eigenvalue weighted by molar-refractivity contribution is 6.16. The van der Waals surface area contributed by atoms with Gasteiger partial charge in [-0.2, -0.15) is 0 Å².